The Hall–Kier alpha value is -1.54. The van der Waals surface area contributed by atoms with Gasteiger partial charge in [-0.1, -0.05) is 15.9 Å². The Kier molecular flexibility index (Phi) is 4.32. The second kappa shape index (κ2) is 5.52. The summed E-state index contributed by atoms with van der Waals surface area (Å²) < 4.78 is 10.3. The van der Waals surface area contributed by atoms with E-state index in [2.05, 4.69) is 20.7 Å². The van der Waals surface area contributed by atoms with Gasteiger partial charge in [-0.15, -0.1) is 0 Å². The zero-order chi connectivity index (χ0) is 12.1. The third-order valence-electron chi connectivity index (χ3n) is 2.05. The fourth-order valence-electron chi connectivity index (χ4n) is 1.22. The van der Waals surface area contributed by atoms with Crippen LogP contribution in [0, 0.1) is 11.3 Å². The van der Waals surface area contributed by atoms with Crippen molar-refractivity contribution < 1.29 is 14.3 Å². The van der Waals surface area contributed by atoms with E-state index in [0.29, 0.717) is 21.3 Å². The first-order valence-electron chi connectivity index (χ1n) is 4.45. The number of halogens is 1. The molecule has 0 heterocycles. The molecule has 5 heteroatoms. The lowest BCUT2D eigenvalue weighted by atomic mass is 10.1. The third-order valence-corrected chi connectivity index (χ3v) is 2.79. The van der Waals surface area contributed by atoms with Crippen LogP contribution in [0.25, 0.3) is 0 Å². The second-order valence-corrected chi connectivity index (χ2v) is 3.86. The van der Waals surface area contributed by atoms with Gasteiger partial charge in [-0.05, 0) is 17.7 Å². The number of hydrogen-bond acceptors (Lipinski definition) is 4. The smallest absolute Gasteiger partial charge is 0.310 e. The molecule has 0 aromatic heterocycles. The third kappa shape index (κ3) is 2.74. The van der Waals surface area contributed by atoms with Crippen molar-refractivity contribution in [1.82, 2.24) is 0 Å². The summed E-state index contributed by atoms with van der Waals surface area (Å²) in [6.45, 7) is 0. The van der Waals surface area contributed by atoms with E-state index in [-0.39, 0.29) is 12.4 Å². The Balaban J connectivity index is 3.12. The minimum absolute atomic E-state index is 0.121. The number of benzene rings is 1. The molecule has 84 valence electrons. The molecule has 1 aromatic carbocycles. The molecule has 0 spiro atoms. The molecule has 0 unspecified atom stereocenters. The van der Waals surface area contributed by atoms with Crippen LogP contribution in [0.2, 0.25) is 0 Å². The van der Waals surface area contributed by atoms with Crippen LogP contribution in [0.3, 0.4) is 0 Å². The van der Waals surface area contributed by atoms with E-state index in [1.807, 2.05) is 6.07 Å². The maximum Gasteiger partial charge on any atom is 0.310 e. The zero-order valence-corrected chi connectivity index (χ0v) is 10.5. The average Bonchev–Trinajstić information content (AvgIpc) is 2.30. The standard InChI is InChI=1S/C11H10BrNO3/c1-15-10-5-9(12)7(3-8(10)6-13)4-11(14)16-2/h3,5H,4H2,1-2H3. The van der Waals surface area contributed by atoms with Crippen LogP contribution in [0.15, 0.2) is 16.6 Å². The molecule has 0 aliphatic heterocycles. The molecule has 0 aliphatic rings. The quantitative estimate of drug-likeness (QED) is 0.797. The van der Waals surface area contributed by atoms with Crippen LogP contribution >= 0.6 is 15.9 Å². The Morgan fingerprint density at radius 1 is 1.50 bits per heavy atom. The van der Waals surface area contributed by atoms with E-state index in [4.69, 9.17) is 10.00 Å². The van der Waals surface area contributed by atoms with Gasteiger partial charge in [-0.3, -0.25) is 4.79 Å². The molecule has 0 saturated carbocycles. The number of hydrogen-bond donors (Lipinski definition) is 0. The monoisotopic (exact) mass is 283 g/mol. The number of nitriles is 1. The molecule has 4 nitrogen and oxygen atoms in total. The predicted octanol–water partition coefficient (Wildman–Crippen LogP) is 2.04. The predicted molar refractivity (Wildman–Crippen MR) is 61.1 cm³/mol. The minimum atomic E-state index is -0.352. The molecule has 0 saturated heterocycles. The van der Waals surface area contributed by atoms with Crippen LogP contribution in [0.1, 0.15) is 11.1 Å². The van der Waals surface area contributed by atoms with Crippen molar-refractivity contribution >= 4 is 21.9 Å². The molecule has 16 heavy (non-hydrogen) atoms. The minimum Gasteiger partial charge on any atom is -0.495 e. The highest BCUT2D eigenvalue weighted by Gasteiger charge is 2.11. The van der Waals surface area contributed by atoms with E-state index in [1.54, 1.807) is 12.1 Å². The van der Waals surface area contributed by atoms with Crippen LogP contribution in [0.4, 0.5) is 0 Å². The topological polar surface area (TPSA) is 59.3 Å². The number of esters is 1. The molecule has 1 rings (SSSR count). The lowest BCUT2D eigenvalue weighted by Crippen LogP contribution is -2.05. The van der Waals surface area contributed by atoms with Gasteiger partial charge >= 0.3 is 5.97 Å². The van der Waals surface area contributed by atoms with E-state index < -0.39 is 0 Å². The average molecular weight is 284 g/mol. The van der Waals surface area contributed by atoms with E-state index in [0.717, 1.165) is 0 Å². The summed E-state index contributed by atoms with van der Waals surface area (Å²) in [5.74, 6) is 0.123. The number of methoxy groups -OCH3 is 2. The normalized spacial score (nSPS) is 9.38. The maximum absolute atomic E-state index is 11.1. The molecule has 0 N–H and O–H groups in total. The highest BCUT2D eigenvalue weighted by molar-refractivity contribution is 9.10. The van der Waals surface area contributed by atoms with Crippen molar-refractivity contribution in [3.8, 4) is 11.8 Å². The summed E-state index contributed by atoms with van der Waals surface area (Å²) in [5, 5.41) is 8.89. The fraction of sp³-hybridized carbons (Fsp3) is 0.273. The van der Waals surface area contributed by atoms with Crippen molar-refractivity contribution in [2.45, 2.75) is 6.42 Å². The Labute approximate surface area is 102 Å². The lowest BCUT2D eigenvalue weighted by molar-refractivity contribution is -0.139. The SMILES string of the molecule is COC(=O)Cc1cc(C#N)c(OC)cc1Br. The number of carbonyl (C=O) groups excluding carboxylic acids is 1. The van der Waals surface area contributed by atoms with Crippen molar-refractivity contribution in [3.05, 3.63) is 27.7 Å². The lowest BCUT2D eigenvalue weighted by Gasteiger charge is -2.08. The van der Waals surface area contributed by atoms with Gasteiger partial charge in [-0.2, -0.15) is 5.26 Å². The molecule has 1 aromatic rings. The van der Waals surface area contributed by atoms with Crippen molar-refractivity contribution in [2.24, 2.45) is 0 Å². The largest absolute Gasteiger partial charge is 0.495 e. The van der Waals surface area contributed by atoms with E-state index in [1.165, 1.54) is 14.2 Å². The van der Waals surface area contributed by atoms with Gasteiger partial charge in [-0.25, -0.2) is 0 Å². The summed E-state index contributed by atoms with van der Waals surface area (Å²) in [4.78, 5) is 11.1. The molecule has 0 fully saturated rings. The molecule has 0 amide bonds. The Morgan fingerprint density at radius 3 is 2.69 bits per heavy atom. The Morgan fingerprint density at radius 2 is 2.19 bits per heavy atom. The molecule has 0 aliphatic carbocycles. The summed E-state index contributed by atoms with van der Waals surface area (Å²) in [6.07, 6.45) is 0.121. The highest BCUT2D eigenvalue weighted by Crippen LogP contribution is 2.27. The number of ether oxygens (including phenoxy) is 2. The fourth-order valence-corrected chi connectivity index (χ4v) is 1.68. The van der Waals surface area contributed by atoms with Gasteiger partial charge in [0.25, 0.3) is 0 Å². The van der Waals surface area contributed by atoms with Crippen LogP contribution in [0.5, 0.6) is 5.75 Å². The summed E-state index contributed by atoms with van der Waals surface area (Å²) in [6, 6.07) is 5.28. The van der Waals surface area contributed by atoms with Gasteiger partial charge in [0.2, 0.25) is 0 Å². The first-order valence-corrected chi connectivity index (χ1v) is 5.25. The van der Waals surface area contributed by atoms with Crippen LogP contribution in [-0.4, -0.2) is 20.2 Å². The maximum atomic E-state index is 11.1. The van der Waals surface area contributed by atoms with Gasteiger partial charge in [0.05, 0.1) is 26.2 Å². The molecular weight excluding hydrogens is 274 g/mol. The Bertz CT molecular complexity index is 451. The molecule has 0 atom stereocenters. The second-order valence-electron chi connectivity index (χ2n) is 3.01. The molecular formula is C11H10BrNO3. The number of nitrogens with zero attached hydrogens (tertiary/aromatic N) is 1. The zero-order valence-electron chi connectivity index (χ0n) is 8.91. The van der Waals surface area contributed by atoms with Crippen molar-refractivity contribution in [1.29, 1.82) is 5.26 Å². The number of carbonyl (C=O) groups is 1. The van der Waals surface area contributed by atoms with Crippen LogP contribution in [-0.2, 0) is 16.0 Å². The van der Waals surface area contributed by atoms with E-state index >= 15 is 0 Å². The van der Waals surface area contributed by atoms with Gasteiger partial charge in [0.1, 0.15) is 11.8 Å². The van der Waals surface area contributed by atoms with E-state index in [9.17, 15) is 4.79 Å². The van der Waals surface area contributed by atoms with Crippen molar-refractivity contribution in [3.63, 3.8) is 0 Å². The first-order chi connectivity index (χ1) is 7.62. The van der Waals surface area contributed by atoms with Gasteiger partial charge in [0.15, 0.2) is 0 Å². The summed E-state index contributed by atoms with van der Waals surface area (Å²) in [7, 11) is 2.81. The molecule has 0 bridgehead atoms. The van der Waals surface area contributed by atoms with Crippen molar-refractivity contribution in [2.75, 3.05) is 14.2 Å². The summed E-state index contributed by atoms with van der Waals surface area (Å²) >= 11 is 3.31. The highest BCUT2D eigenvalue weighted by atomic mass is 79.9. The van der Waals surface area contributed by atoms with Gasteiger partial charge in [0, 0.05) is 4.47 Å². The number of rotatable bonds is 3. The van der Waals surface area contributed by atoms with Gasteiger partial charge < -0.3 is 9.47 Å². The van der Waals surface area contributed by atoms with Crippen LogP contribution < -0.4 is 4.74 Å². The summed E-state index contributed by atoms with van der Waals surface area (Å²) in [5.41, 5.74) is 1.09. The molecule has 0 radical (unpaired) electrons. The first kappa shape index (κ1) is 12.5.